The first-order valence-electron chi connectivity index (χ1n) is 11.7. The number of carbonyl (C=O) groups is 1. The fraction of sp³-hybridized carbons (Fsp3) is 0.440. The molecule has 0 radical (unpaired) electrons. The number of carbonyl (C=O) groups excluding carboxylic acids is 1. The summed E-state index contributed by atoms with van der Waals surface area (Å²) < 4.78 is 12.3. The number of ether oxygens (including phenoxy) is 1. The Balaban J connectivity index is 1.90. The van der Waals surface area contributed by atoms with Crippen molar-refractivity contribution in [1.29, 1.82) is 0 Å². The Kier molecular flexibility index (Phi) is 8.16. The molecule has 35 heavy (non-hydrogen) atoms. The highest BCUT2D eigenvalue weighted by Crippen LogP contribution is 2.23. The lowest BCUT2D eigenvalue weighted by Gasteiger charge is -2.26. The van der Waals surface area contributed by atoms with E-state index in [2.05, 4.69) is 10.1 Å². The molecule has 0 unspecified atom stereocenters. The third-order valence-electron chi connectivity index (χ3n) is 5.68. The Labute approximate surface area is 203 Å². The van der Waals surface area contributed by atoms with Gasteiger partial charge in [-0.2, -0.15) is 0 Å². The van der Waals surface area contributed by atoms with Gasteiger partial charge in [0.1, 0.15) is 23.9 Å². The van der Waals surface area contributed by atoms with Gasteiger partial charge in [0.25, 0.3) is 11.5 Å². The standard InChI is InChI=1S/C25H33N5O5/c1-6-7-12-29-22(26)21(23(31)27-25(29)33)30(13-15(2)3)24(32)18-8-10-19(11-9-18)34-14-20-16(4)28-35-17(20)5/h8-11,15H,6-7,12-14,26H2,1-5H3,(H,27,31,33). The fourth-order valence-electron chi connectivity index (χ4n) is 3.73. The van der Waals surface area contributed by atoms with Crippen LogP contribution in [0.1, 0.15) is 61.0 Å². The van der Waals surface area contributed by atoms with Gasteiger partial charge < -0.3 is 19.9 Å². The number of aromatic nitrogens is 3. The number of aromatic amines is 1. The monoisotopic (exact) mass is 483 g/mol. The van der Waals surface area contributed by atoms with Crippen LogP contribution >= 0.6 is 0 Å². The molecule has 188 valence electrons. The molecule has 0 aliphatic heterocycles. The van der Waals surface area contributed by atoms with E-state index in [-0.39, 0.29) is 24.0 Å². The number of unbranched alkanes of at least 4 members (excludes halogenated alkanes) is 1. The molecule has 10 nitrogen and oxygen atoms in total. The maximum atomic E-state index is 13.5. The van der Waals surface area contributed by atoms with E-state index in [4.69, 9.17) is 15.0 Å². The molecule has 2 aromatic heterocycles. The van der Waals surface area contributed by atoms with Crippen molar-refractivity contribution in [2.45, 2.75) is 60.6 Å². The number of benzene rings is 1. The largest absolute Gasteiger partial charge is 0.489 e. The van der Waals surface area contributed by atoms with E-state index in [1.54, 1.807) is 24.3 Å². The minimum absolute atomic E-state index is 0.0133. The number of nitrogens with one attached hydrogen (secondary N) is 1. The first kappa shape index (κ1) is 25.8. The molecule has 0 saturated carbocycles. The maximum Gasteiger partial charge on any atom is 0.330 e. The summed E-state index contributed by atoms with van der Waals surface area (Å²) in [6.07, 6.45) is 1.56. The van der Waals surface area contributed by atoms with Crippen molar-refractivity contribution in [1.82, 2.24) is 14.7 Å². The van der Waals surface area contributed by atoms with Gasteiger partial charge in [-0.15, -0.1) is 0 Å². The number of hydrogen-bond acceptors (Lipinski definition) is 7. The molecule has 0 saturated heterocycles. The number of hydrogen-bond donors (Lipinski definition) is 2. The molecule has 1 amide bonds. The summed E-state index contributed by atoms with van der Waals surface area (Å²) in [5.41, 5.74) is 6.99. The molecule has 1 aromatic carbocycles. The molecule has 3 rings (SSSR count). The Morgan fingerprint density at radius 1 is 1.23 bits per heavy atom. The number of nitrogen functional groups attached to an aromatic ring is 1. The van der Waals surface area contributed by atoms with Crippen LogP contribution in [0.25, 0.3) is 0 Å². The van der Waals surface area contributed by atoms with Crippen molar-refractivity contribution < 1.29 is 14.1 Å². The van der Waals surface area contributed by atoms with Crippen molar-refractivity contribution in [3.63, 3.8) is 0 Å². The maximum absolute atomic E-state index is 13.5. The average Bonchev–Trinajstić information content (AvgIpc) is 3.13. The number of anilines is 2. The number of aryl methyl sites for hydroxylation is 2. The van der Waals surface area contributed by atoms with E-state index in [1.165, 1.54) is 9.47 Å². The summed E-state index contributed by atoms with van der Waals surface area (Å²) in [6.45, 7) is 10.4. The van der Waals surface area contributed by atoms with E-state index in [0.29, 0.717) is 36.6 Å². The molecule has 10 heteroatoms. The van der Waals surface area contributed by atoms with E-state index in [9.17, 15) is 14.4 Å². The van der Waals surface area contributed by atoms with Crippen LogP contribution in [0.5, 0.6) is 5.75 Å². The molecule has 2 heterocycles. The zero-order chi connectivity index (χ0) is 25.7. The molecule has 0 bridgehead atoms. The molecule has 0 atom stereocenters. The lowest BCUT2D eigenvalue weighted by Crippen LogP contribution is -2.42. The molecular formula is C25H33N5O5. The minimum atomic E-state index is -0.686. The second-order valence-electron chi connectivity index (χ2n) is 8.92. The van der Waals surface area contributed by atoms with Crippen molar-refractivity contribution in [2.75, 3.05) is 17.2 Å². The van der Waals surface area contributed by atoms with E-state index >= 15 is 0 Å². The number of H-pyrrole nitrogens is 1. The second-order valence-corrected chi connectivity index (χ2v) is 8.92. The van der Waals surface area contributed by atoms with Crippen LogP contribution in [0, 0.1) is 19.8 Å². The lowest BCUT2D eigenvalue weighted by atomic mass is 10.1. The zero-order valence-corrected chi connectivity index (χ0v) is 20.9. The Bertz CT molecular complexity index is 1270. The van der Waals surface area contributed by atoms with Crippen LogP contribution in [-0.4, -0.2) is 27.2 Å². The minimum Gasteiger partial charge on any atom is -0.489 e. The van der Waals surface area contributed by atoms with Gasteiger partial charge in [0, 0.05) is 18.7 Å². The van der Waals surface area contributed by atoms with Gasteiger partial charge in [-0.05, 0) is 50.5 Å². The first-order chi connectivity index (χ1) is 16.6. The summed E-state index contributed by atoms with van der Waals surface area (Å²) in [5.74, 6) is 0.907. The summed E-state index contributed by atoms with van der Waals surface area (Å²) in [7, 11) is 0. The van der Waals surface area contributed by atoms with E-state index in [0.717, 1.165) is 17.7 Å². The number of nitrogens with zero attached hydrogens (tertiary/aromatic N) is 3. The normalized spacial score (nSPS) is 11.1. The van der Waals surface area contributed by atoms with Crippen LogP contribution in [0.3, 0.4) is 0 Å². The smallest absolute Gasteiger partial charge is 0.330 e. The highest BCUT2D eigenvalue weighted by Gasteiger charge is 2.26. The number of nitrogens with two attached hydrogens (primary N) is 1. The summed E-state index contributed by atoms with van der Waals surface area (Å²) in [5, 5.41) is 3.91. The van der Waals surface area contributed by atoms with Gasteiger partial charge in [-0.25, -0.2) is 4.79 Å². The van der Waals surface area contributed by atoms with Crippen LogP contribution in [-0.2, 0) is 13.2 Å². The summed E-state index contributed by atoms with van der Waals surface area (Å²) in [6, 6.07) is 6.65. The average molecular weight is 484 g/mol. The molecule has 3 aromatic rings. The summed E-state index contributed by atoms with van der Waals surface area (Å²) in [4.78, 5) is 42.3. The van der Waals surface area contributed by atoms with E-state index in [1.807, 2.05) is 34.6 Å². The number of amides is 1. The van der Waals surface area contributed by atoms with Crippen LogP contribution < -0.4 is 26.6 Å². The predicted octanol–water partition coefficient (Wildman–Crippen LogP) is 3.41. The molecule has 0 spiro atoms. The fourth-order valence-corrected chi connectivity index (χ4v) is 3.73. The van der Waals surface area contributed by atoms with Crippen LogP contribution in [0.2, 0.25) is 0 Å². The second kappa shape index (κ2) is 11.1. The van der Waals surface area contributed by atoms with Crippen molar-refractivity contribution in [3.05, 3.63) is 67.7 Å². The Morgan fingerprint density at radius 2 is 1.91 bits per heavy atom. The van der Waals surface area contributed by atoms with Crippen molar-refractivity contribution >= 4 is 17.4 Å². The Morgan fingerprint density at radius 3 is 2.49 bits per heavy atom. The quantitative estimate of drug-likeness (QED) is 0.451. The molecular weight excluding hydrogens is 450 g/mol. The zero-order valence-electron chi connectivity index (χ0n) is 20.9. The predicted molar refractivity (Wildman–Crippen MR) is 134 cm³/mol. The van der Waals surface area contributed by atoms with Crippen LogP contribution in [0.15, 0.2) is 38.4 Å². The highest BCUT2D eigenvalue weighted by atomic mass is 16.5. The molecule has 3 N–H and O–H groups in total. The third kappa shape index (κ3) is 5.82. The van der Waals surface area contributed by atoms with E-state index < -0.39 is 17.2 Å². The summed E-state index contributed by atoms with van der Waals surface area (Å²) >= 11 is 0. The molecule has 0 aliphatic rings. The number of rotatable bonds is 10. The topological polar surface area (TPSA) is 136 Å². The Hall–Kier alpha value is -3.82. The lowest BCUT2D eigenvalue weighted by molar-refractivity contribution is 0.0983. The molecule has 0 aliphatic carbocycles. The highest BCUT2D eigenvalue weighted by molar-refractivity contribution is 6.07. The van der Waals surface area contributed by atoms with Gasteiger partial charge in [0.2, 0.25) is 0 Å². The first-order valence-corrected chi connectivity index (χ1v) is 11.7. The van der Waals surface area contributed by atoms with Gasteiger partial charge in [-0.1, -0.05) is 32.3 Å². The van der Waals surface area contributed by atoms with Gasteiger partial charge >= 0.3 is 5.69 Å². The van der Waals surface area contributed by atoms with Gasteiger partial charge in [0.05, 0.1) is 11.3 Å². The van der Waals surface area contributed by atoms with Crippen LogP contribution in [0.4, 0.5) is 11.5 Å². The van der Waals surface area contributed by atoms with Crippen molar-refractivity contribution in [3.8, 4) is 5.75 Å². The van der Waals surface area contributed by atoms with Gasteiger partial charge in [0.15, 0.2) is 5.69 Å². The SMILES string of the molecule is CCCCn1c(N)c(N(CC(C)C)C(=O)c2ccc(OCc3c(C)noc3C)cc2)c(=O)[nH]c1=O. The third-order valence-corrected chi connectivity index (χ3v) is 5.68. The van der Waals surface area contributed by atoms with Crippen molar-refractivity contribution in [2.24, 2.45) is 5.92 Å². The molecule has 0 fully saturated rings. The van der Waals surface area contributed by atoms with Gasteiger partial charge in [-0.3, -0.25) is 19.1 Å².